The van der Waals surface area contributed by atoms with E-state index in [2.05, 4.69) is 25.7 Å². The van der Waals surface area contributed by atoms with Crippen LogP contribution >= 0.6 is 0 Å². The van der Waals surface area contributed by atoms with Gasteiger partial charge in [-0.2, -0.15) is 0 Å². The van der Waals surface area contributed by atoms with Crippen molar-refractivity contribution in [2.75, 3.05) is 26.2 Å². The first-order valence-electron chi connectivity index (χ1n) is 8.81. The smallest absolute Gasteiger partial charge is 0.00413 e. The van der Waals surface area contributed by atoms with Crippen molar-refractivity contribution in [3.8, 4) is 0 Å². The Morgan fingerprint density at radius 3 is 2.10 bits per heavy atom. The van der Waals surface area contributed by atoms with Crippen LogP contribution in [0.5, 0.6) is 0 Å². The Bertz CT molecular complexity index is 191. The highest BCUT2D eigenvalue weighted by Crippen LogP contribution is 2.14. The summed E-state index contributed by atoms with van der Waals surface area (Å²) in [6, 6.07) is 0.383. The first-order valence-corrected chi connectivity index (χ1v) is 8.81. The maximum Gasteiger partial charge on any atom is 0.00413 e. The van der Waals surface area contributed by atoms with E-state index in [-0.39, 0.29) is 0 Å². The molecule has 0 aliphatic rings. The van der Waals surface area contributed by atoms with Crippen molar-refractivity contribution in [3.63, 3.8) is 0 Å². The summed E-state index contributed by atoms with van der Waals surface area (Å²) >= 11 is 0. The van der Waals surface area contributed by atoms with E-state index < -0.39 is 0 Å². The third-order valence-electron chi connectivity index (χ3n) is 4.00. The molecule has 4 N–H and O–H groups in total. The van der Waals surface area contributed by atoms with E-state index in [9.17, 15) is 0 Å². The summed E-state index contributed by atoms with van der Waals surface area (Å²) in [7, 11) is 0. The van der Waals surface area contributed by atoms with Gasteiger partial charge in [-0.25, -0.2) is 0 Å². The second-order valence-electron chi connectivity index (χ2n) is 6.37. The summed E-state index contributed by atoms with van der Waals surface area (Å²) in [6.07, 6.45) is 9.76. The van der Waals surface area contributed by atoms with Gasteiger partial charge >= 0.3 is 0 Å². The van der Waals surface area contributed by atoms with Crippen molar-refractivity contribution in [2.45, 2.75) is 78.2 Å². The van der Waals surface area contributed by atoms with Crippen molar-refractivity contribution >= 4 is 0 Å². The van der Waals surface area contributed by atoms with Gasteiger partial charge in [0.25, 0.3) is 0 Å². The molecule has 0 bridgehead atoms. The highest BCUT2D eigenvalue weighted by atomic mass is 15.1. The summed E-state index contributed by atoms with van der Waals surface area (Å²) < 4.78 is 0. The Morgan fingerprint density at radius 2 is 1.55 bits per heavy atom. The highest BCUT2D eigenvalue weighted by molar-refractivity contribution is 4.68. The molecule has 0 rings (SSSR count). The van der Waals surface area contributed by atoms with Gasteiger partial charge in [-0.1, -0.05) is 33.6 Å². The molecule has 3 heteroatoms. The third-order valence-corrected chi connectivity index (χ3v) is 4.00. The van der Waals surface area contributed by atoms with E-state index in [1.165, 1.54) is 58.2 Å². The minimum absolute atomic E-state index is 0.383. The summed E-state index contributed by atoms with van der Waals surface area (Å²) in [6.45, 7) is 11.4. The number of unbranched alkanes of at least 4 members (excludes halogenated alkanes) is 2. The summed E-state index contributed by atoms with van der Waals surface area (Å²) in [4.78, 5) is 2.60. The minimum Gasteiger partial charge on any atom is -0.330 e. The number of nitrogens with zero attached hydrogens (tertiary/aromatic N) is 1. The maximum absolute atomic E-state index is 6.24. The predicted octanol–water partition coefficient (Wildman–Crippen LogP) is 3.37. The summed E-state index contributed by atoms with van der Waals surface area (Å²) in [5.41, 5.74) is 11.7. The van der Waals surface area contributed by atoms with Gasteiger partial charge in [-0.05, 0) is 70.6 Å². The third kappa shape index (κ3) is 11.7. The molecule has 0 aromatic rings. The molecule has 0 heterocycles. The van der Waals surface area contributed by atoms with Crippen molar-refractivity contribution < 1.29 is 0 Å². The van der Waals surface area contributed by atoms with Gasteiger partial charge in [0.2, 0.25) is 0 Å². The minimum atomic E-state index is 0.383. The summed E-state index contributed by atoms with van der Waals surface area (Å²) in [5, 5.41) is 0. The van der Waals surface area contributed by atoms with Crippen LogP contribution in [0.1, 0.15) is 72.1 Å². The van der Waals surface area contributed by atoms with Gasteiger partial charge in [0, 0.05) is 6.04 Å². The molecule has 0 radical (unpaired) electrons. The Morgan fingerprint density at radius 1 is 0.900 bits per heavy atom. The molecule has 2 unspecified atom stereocenters. The SMILES string of the molecule is CCCN(CCC)CCC(C)CC(N)CCCCCN. The molecule has 0 amide bonds. The first kappa shape index (κ1) is 19.9. The van der Waals surface area contributed by atoms with Crippen molar-refractivity contribution in [3.05, 3.63) is 0 Å². The number of rotatable bonds is 14. The molecular weight excluding hydrogens is 246 g/mol. The molecule has 20 heavy (non-hydrogen) atoms. The summed E-state index contributed by atoms with van der Waals surface area (Å²) in [5.74, 6) is 0.746. The van der Waals surface area contributed by atoms with E-state index in [0.29, 0.717) is 6.04 Å². The zero-order chi connectivity index (χ0) is 15.2. The lowest BCUT2D eigenvalue weighted by Gasteiger charge is -2.24. The van der Waals surface area contributed by atoms with Gasteiger partial charge < -0.3 is 16.4 Å². The standard InChI is InChI=1S/C17H39N3/c1-4-12-20(13-5-2)14-10-16(3)15-17(19)9-7-6-8-11-18/h16-17H,4-15,18-19H2,1-3H3. The Labute approximate surface area is 127 Å². The second-order valence-corrected chi connectivity index (χ2v) is 6.37. The molecular formula is C17H39N3. The van der Waals surface area contributed by atoms with Crippen LogP contribution in [0, 0.1) is 5.92 Å². The lowest BCUT2D eigenvalue weighted by atomic mass is 9.95. The van der Waals surface area contributed by atoms with Crippen LogP contribution in [0.3, 0.4) is 0 Å². The topological polar surface area (TPSA) is 55.3 Å². The molecule has 0 saturated carbocycles. The van der Waals surface area contributed by atoms with Gasteiger partial charge in [0.15, 0.2) is 0 Å². The van der Waals surface area contributed by atoms with Crippen LogP contribution in [0.25, 0.3) is 0 Å². The van der Waals surface area contributed by atoms with E-state index in [1.54, 1.807) is 0 Å². The van der Waals surface area contributed by atoms with Crippen LogP contribution in [0.4, 0.5) is 0 Å². The monoisotopic (exact) mass is 285 g/mol. The van der Waals surface area contributed by atoms with Crippen LogP contribution in [-0.2, 0) is 0 Å². The molecule has 0 aliphatic carbocycles. The van der Waals surface area contributed by atoms with E-state index in [1.807, 2.05) is 0 Å². The van der Waals surface area contributed by atoms with Crippen molar-refractivity contribution in [2.24, 2.45) is 17.4 Å². The normalized spacial score (nSPS) is 14.7. The second kappa shape index (κ2) is 13.8. The van der Waals surface area contributed by atoms with Crippen molar-refractivity contribution in [1.29, 1.82) is 0 Å². The fourth-order valence-corrected chi connectivity index (χ4v) is 2.85. The molecule has 0 aromatic carbocycles. The molecule has 2 atom stereocenters. The quantitative estimate of drug-likeness (QED) is 0.481. The van der Waals surface area contributed by atoms with Crippen LogP contribution in [0.2, 0.25) is 0 Å². The van der Waals surface area contributed by atoms with Crippen LogP contribution in [0.15, 0.2) is 0 Å². The fraction of sp³-hybridized carbons (Fsp3) is 1.00. The molecule has 0 spiro atoms. The first-order chi connectivity index (χ1) is 9.63. The largest absolute Gasteiger partial charge is 0.330 e. The Balaban J connectivity index is 3.70. The average molecular weight is 286 g/mol. The van der Waals surface area contributed by atoms with Gasteiger partial charge in [-0.15, -0.1) is 0 Å². The molecule has 0 aromatic heterocycles. The number of nitrogens with two attached hydrogens (primary N) is 2. The molecule has 0 fully saturated rings. The molecule has 3 nitrogen and oxygen atoms in total. The van der Waals surface area contributed by atoms with Gasteiger partial charge in [0.05, 0.1) is 0 Å². The molecule has 0 saturated heterocycles. The number of hydrogen-bond acceptors (Lipinski definition) is 3. The Hall–Kier alpha value is -0.120. The highest BCUT2D eigenvalue weighted by Gasteiger charge is 2.11. The Kier molecular flexibility index (Phi) is 13.8. The molecule has 0 aliphatic heterocycles. The predicted molar refractivity (Wildman–Crippen MR) is 90.9 cm³/mol. The van der Waals surface area contributed by atoms with E-state index in [0.717, 1.165) is 25.3 Å². The fourth-order valence-electron chi connectivity index (χ4n) is 2.85. The van der Waals surface area contributed by atoms with Crippen LogP contribution < -0.4 is 11.5 Å². The molecule has 122 valence electrons. The lowest BCUT2D eigenvalue weighted by Crippen LogP contribution is -2.29. The zero-order valence-electron chi connectivity index (χ0n) is 14.2. The maximum atomic E-state index is 6.24. The average Bonchev–Trinajstić information content (AvgIpc) is 2.41. The van der Waals surface area contributed by atoms with Gasteiger partial charge in [-0.3, -0.25) is 0 Å². The van der Waals surface area contributed by atoms with E-state index >= 15 is 0 Å². The van der Waals surface area contributed by atoms with Gasteiger partial charge in [0.1, 0.15) is 0 Å². The van der Waals surface area contributed by atoms with Crippen molar-refractivity contribution in [1.82, 2.24) is 4.90 Å². The number of hydrogen-bond donors (Lipinski definition) is 2. The lowest BCUT2D eigenvalue weighted by molar-refractivity contribution is 0.248. The van der Waals surface area contributed by atoms with Crippen LogP contribution in [-0.4, -0.2) is 37.1 Å². The zero-order valence-corrected chi connectivity index (χ0v) is 14.2. The van der Waals surface area contributed by atoms with E-state index in [4.69, 9.17) is 11.5 Å².